The number of likely N-dealkylation sites (tertiary alicyclic amines) is 1. The summed E-state index contributed by atoms with van der Waals surface area (Å²) in [5, 5.41) is 12.3. The molecule has 9 nitrogen and oxygen atoms in total. The Bertz CT molecular complexity index is 888. The molecule has 1 N–H and O–H groups in total. The quantitative estimate of drug-likeness (QED) is 0.302. The van der Waals surface area contributed by atoms with Gasteiger partial charge in [0.15, 0.2) is 0 Å². The number of aliphatic imine (C=N–C) groups is 1. The maximum Gasteiger partial charge on any atom is 0.407 e. The summed E-state index contributed by atoms with van der Waals surface area (Å²) >= 11 is 0. The molecule has 1 heterocycles. The van der Waals surface area contributed by atoms with Crippen LogP contribution in [-0.4, -0.2) is 65.7 Å². The SMILES string of the molecule is CCOC(=O)CN(Cc1ccccc1C)C(=NC#N)N1CCC[C@@H](NC(=O)OC(C)(C)C)C1. The van der Waals surface area contributed by atoms with Crippen molar-refractivity contribution in [1.82, 2.24) is 15.1 Å². The molecule has 33 heavy (non-hydrogen) atoms. The molecule has 9 heteroatoms. The number of piperidine rings is 1. The molecular formula is C24H35N5O4. The standard InChI is InChI=1S/C24H35N5O4/c1-6-32-21(30)16-29(14-19-11-8-7-10-18(19)2)22(26-17-25)28-13-9-12-20(15-28)27-23(31)33-24(3,4)5/h7-8,10-11,20H,6,9,12-16H2,1-5H3,(H,27,31)/t20-/m1/s1. The van der Waals surface area contributed by atoms with Gasteiger partial charge >= 0.3 is 12.1 Å². The number of amides is 1. The Balaban J connectivity index is 2.23. The maximum absolute atomic E-state index is 12.4. The van der Waals surface area contributed by atoms with Crippen LogP contribution in [0.25, 0.3) is 0 Å². The van der Waals surface area contributed by atoms with Crippen LogP contribution in [0.5, 0.6) is 0 Å². The number of ether oxygens (including phenoxy) is 2. The van der Waals surface area contributed by atoms with E-state index in [1.165, 1.54) is 0 Å². The van der Waals surface area contributed by atoms with Crippen LogP contribution in [0.3, 0.4) is 0 Å². The number of nitrogens with zero attached hydrogens (tertiary/aromatic N) is 4. The Labute approximate surface area is 196 Å². The normalized spacial score (nSPS) is 16.5. The highest BCUT2D eigenvalue weighted by Gasteiger charge is 2.29. The summed E-state index contributed by atoms with van der Waals surface area (Å²) in [6.45, 7) is 10.9. The van der Waals surface area contributed by atoms with Crippen molar-refractivity contribution < 1.29 is 19.1 Å². The Morgan fingerprint density at radius 1 is 1.33 bits per heavy atom. The first-order chi connectivity index (χ1) is 15.6. The van der Waals surface area contributed by atoms with Gasteiger partial charge < -0.3 is 24.6 Å². The van der Waals surface area contributed by atoms with Gasteiger partial charge in [-0.2, -0.15) is 5.26 Å². The fourth-order valence-corrected chi connectivity index (χ4v) is 3.69. The Kier molecular flexibility index (Phi) is 9.52. The zero-order valence-corrected chi connectivity index (χ0v) is 20.3. The third-order valence-electron chi connectivity index (χ3n) is 5.11. The largest absolute Gasteiger partial charge is 0.465 e. The average Bonchev–Trinajstić information content (AvgIpc) is 2.72. The van der Waals surface area contributed by atoms with Crippen molar-refractivity contribution in [2.75, 3.05) is 26.2 Å². The molecule has 1 aromatic rings. The fraction of sp³-hybridized carbons (Fsp3) is 0.583. The van der Waals surface area contributed by atoms with Crippen LogP contribution < -0.4 is 5.32 Å². The van der Waals surface area contributed by atoms with Gasteiger partial charge in [-0.25, -0.2) is 4.79 Å². The van der Waals surface area contributed by atoms with Gasteiger partial charge in [0, 0.05) is 25.7 Å². The van der Waals surface area contributed by atoms with Crippen molar-refractivity contribution in [1.29, 1.82) is 5.26 Å². The number of esters is 1. The molecule has 1 saturated heterocycles. The molecule has 1 aliphatic rings. The minimum atomic E-state index is -0.587. The summed E-state index contributed by atoms with van der Waals surface area (Å²) in [5.74, 6) is 0.00154. The van der Waals surface area contributed by atoms with Crippen LogP contribution in [0.4, 0.5) is 4.79 Å². The van der Waals surface area contributed by atoms with Gasteiger partial charge in [-0.15, -0.1) is 4.99 Å². The number of nitrogens with one attached hydrogen (secondary N) is 1. The summed E-state index contributed by atoms with van der Waals surface area (Å²) in [6.07, 6.45) is 2.98. The number of rotatable bonds is 6. The van der Waals surface area contributed by atoms with Gasteiger partial charge in [0.1, 0.15) is 12.1 Å². The average molecular weight is 458 g/mol. The molecule has 1 aromatic carbocycles. The van der Waals surface area contributed by atoms with E-state index in [1.54, 1.807) is 11.8 Å². The maximum atomic E-state index is 12.4. The third kappa shape index (κ3) is 8.64. The van der Waals surface area contributed by atoms with E-state index in [9.17, 15) is 14.9 Å². The molecule has 1 aliphatic heterocycles. The molecule has 180 valence electrons. The Morgan fingerprint density at radius 3 is 2.70 bits per heavy atom. The van der Waals surface area contributed by atoms with Crippen molar-refractivity contribution >= 4 is 18.0 Å². The predicted octanol–water partition coefficient (Wildman–Crippen LogP) is 3.19. The van der Waals surface area contributed by atoms with E-state index < -0.39 is 17.7 Å². The zero-order valence-electron chi connectivity index (χ0n) is 20.3. The molecule has 0 aliphatic carbocycles. The van der Waals surface area contributed by atoms with E-state index in [4.69, 9.17) is 9.47 Å². The second kappa shape index (κ2) is 12.1. The summed E-state index contributed by atoms with van der Waals surface area (Å²) in [6, 6.07) is 7.71. The van der Waals surface area contributed by atoms with E-state index in [0.717, 1.165) is 24.0 Å². The summed E-state index contributed by atoms with van der Waals surface area (Å²) < 4.78 is 10.5. The molecule has 0 spiro atoms. The number of aryl methyl sites for hydroxylation is 1. The van der Waals surface area contributed by atoms with Gasteiger partial charge in [0.05, 0.1) is 6.61 Å². The van der Waals surface area contributed by atoms with Crippen molar-refractivity contribution in [2.45, 2.75) is 65.6 Å². The van der Waals surface area contributed by atoms with E-state index >= 15 is 0 Å². The number of hydrogen-bond acceptors (Lipinski definition) is 6. The Hall–Kier alpha value is -3.28. The number of carbonyl (C=O) groups is 2. The number of benzene rings is 1. The lowest BCUT2D eigenvalue weighted by molar-refractivity contribution is -0.143. The summed E-state index contributed by atoms with van der Waals surface area (Å²) in [5.41, 5.74) is 1.51. The lowest BCUT2D eigenvalue weighted by atomic mass is 10.1. The predicted molar refractivity (Wildman–Crippen MR) is 125 cm³/mol. The van der Waals surface area contributed by atoms with Gasteiger partial charge in [-0.05, 0) is 58.6 Å². The number of guanidine groups is 1. The fourth-order valence-electron chi connectivity index (χ4n) is 3.69. The third-order valence-corrected chi connectivity index (χ3v) is 5.11. The van der Waals surface area contributed by atoms with Crippen molar-refractivity contribution in [3.8, 4) is 6.19 Å². The van der Waals surface area contributed by atoms with Crippen LogP contribution in [0.2, 0.25) is 0 Å². The molecular weight excluding hydrogens is 422 g/mol. The van der Waals surface area contributed by atoms with Crippen molar-refractivity contribution in [3.63, 3.8) is 0 Å². The molecule has 0 saturated carbocycles. The molecule has 0 unspecified atom stereocenters. The number of carbonyl (C=O) groups excluding carboxylic acids is 2. The molecule has 0 radical (unpaired) electrons. The lowest BCUT2D eigenvalue weighted by Crippen LogP contribution is -2.54. The topological polar surface area (TPSA) is 107 Å². The van der Waals surface area contributed by atoms with Gasteiger partial charge in [0.25, 0.3) is 0 Å². The van der Waals surface area contributed by atoms with Crippen LogP contribution in [0, 0.1) is 18.4 Å². The van der Waals surface area contributed by atoms with Gasteiger partial charge in [0.2, 0.25) is 12.2 Å². The number of hydrogen-bond donors (Lipinski definition) is 1. The number of nitriles is 1. The Morgan fingerprint density at radius 2 is 2.06 bits per heavy atom. The van der Waals surface area contributed by atoms with Crippen LogP contribution >= 0.6 is 0 Å². The van der Waals surface area contributed by atoms with Crippen LogP contribution in [-0.2, 0) is 20.8 Å². The first-order valence-electron chi connectivity index (χ1n) is 11.3. The molecule has 1 amide bonds. The molecule has 0 aromatic heterocycles. The molecule has 2 rings (SSSR count). The minimum absolute atomic E-state index is 0.0383. The second-order valence-electron chi connectivity index (χ2n) is 9.03. The summed E-state index contributed by atoms with van der Waals surface area (Å²) in [7, 11) is 0. The van der Waals surface area contributed by atoms with Crippen molar-refractivity contribution in [3.05, 3.63) is 35.4 Å². The van der Waals surface area contributed by atoms with E-state index in [2.05, 4.69) is 10.3 Å². The molecule has 1 fully saturated rings. The van der Waals surface area contributed by atoms with E-state index in [-0.39, 0.29) is 19.2 Å². The van der Waals surface area contributed by atoms with E-state index in [0.29, 0.717) is 25.6 Å². The van der Waals surface area contributed by atoms with Gasteiger partial charge in [-0.1, -0.05) is 24.3 Å². The zero-order chi connectivity index (χ0) is 24.4. The van der Waals surface area contributed by atoms with Crippen LogP contribution in [0.15, 0.2) is 29.3 Å². The number of alkyl carbamates (subject to hydrolysis) is 1. The minimum Gasteiger partial charge on any atom is -0.465 e. The van der Waals surface area contributed by atoms with Gasteiger partial charge in [-0.3, -0.25) is 4.79 Å². The smallest absolute Gasteiger partial charge is 0.407 e. The molecule has 1 atom stereocenters. The van der Waals surface area contributed by atoms with E-state index in [1.807, 2.05) is 63.1 Å². The monoisotopic (exact) mass is 457 g/mol. The molecule has 0 bridgehead atoms. The van der Waals surface area contributed by atoms with Crippen molar-refractivity contribution in [2.24, 2.45) is 4.99 Å². The highest BCUT2D eigenvalue weighted by Crippen LogP contribution is 2.17. The van der Waals surface area contributed by atoms with Crippen LogP contribution in [0.1, 0.15) is 51.7 Å². The first kappa shape index (κ1) is 26.0. The highest BCUT2D eigenvalue weighted by molar-refractivity contribution is 5.85. The lowest BCUT2D eigenvalue weighted by Gasteiger charge is -2.39. The first-order valence-corrected chi connectivity index (χ1v) is 11.3. The summed E-state index contributed by atoms with van der Waals surface area (Å²) in [4.78, 5) is 32.4. The second-order valence-corrected chi connectivity index (χ2v) is 9.03. The highest BCUT2D eigenvalue weighted by atomic mass is 16.6.